The van der Waals surface area contributed by atoms with Gasteiger partial charge in [-0.25, -0.2) is 0 Å². The average Bonchev–Trinajstić information content (AvgIpc) is 2.96. The lowest BCUT2D eigenvalue weighted by Crippen LogP contribution is -2.58. The molecule has 0 unspecified atom stereocenters. The molecule has 1 N–H and O–H groups in total. The summed E-state index contributed by atoms with van der Waals surface area (Å²) < 4.78 is 13.4. The summed E-state index contributed by atoms with van der Waals surface area (Å²) in [5.74, 6) is 0. The first-order valence-electron chi connectivity index (χ1n) is 15.5. The van der Waals surface area contributed by atoms with Crippen molar-refractivity contribution in [1.82, 2.24) is 0 Å². The highest BCUT2D eigenvalue weighted by Gasteiger charge is 2.55. The number of benzene rings is 3. The molecule has 0 aliphatic rings. The quantitative estimate of drug-likeness (QED) is 0.139. The first-order valence-corrected chi connectivity index (χ1v) is 21.5. The van der Waals surface area contributed by atoms with E-state index < -0.39 is 33.6 Å². The van der Waals surface area contributed by atoms with Crippen molar-refractivity contribution in [2.45, 2.75) is 101 Å². The second-order valence-electron chi connectivity index (χ2n) is 13.8. The molecule has 42 heavy (non-hydrogen) atoms. The number of aliphatic hydroxyl groups is 1. The van der Waals surface area contributed by atoms with E-state index in [0.717, 1.165) is 18.4 Å². The normalized spacial score (nSPS) is 15.7. The van der Waals surface area contributed by atoms with E-state index in [4.69, 9.17) is 9.16 Å². The molecule has 0 heterocycles. The van der Waals surface area contributed by atoms with Crippen molar-refractivity contribution in [3.8, 4) is 0 Å². The zero-order valence-corrected chi connectivity index (χ0v) is 29.3. The van der Waals surface area contributed by atoms with Crippen LogP contribution in [0, 0.1) is 0 Å². The van der Waals surface area contributed by atoms with Crippen molar-refractivity contribution in [3.05, 3.63) is 120 Å². The van der Waals surface area contributed by atoms with Crippen LogP contribution < -0.4 is 0 Å². The highest BCUT2D eigenvalue weighted by Crippen LogP contribution is 2.55. The summed E-state index contributed by atoms with van der Waals surface area (Å²) in [5.41, 5.74) is 3.82. The molecule has 5 heteroatoms. The lowest BCUT2D eigenvalue weighted by molar-refractivity contribution is -0.0809. The average molecular weight is 603 g/mol. The van der Waals surface area contributed by atoms with Crippen LogP contribution in [0.5, 0.6) is 0 Å². The molecule has 0 aromatic heterocycles. The molecule has 3 aromatic carbocycles. The highest BCUT2D eigenvalue weighted by atomic mass is 28.4. The van der Waals surface area contributed by atoms with Crippen LogP contribution in [0.3, 0.4) is 0 Å². The maximum atomic E-state index is 12.7. The van der Waals surface area contributed by atoms with E-state index in [0.29, 0.717) is 13.2 Å². The standard InChI is InChI=1S/C37H54O3Si2/c1-10-27-37(11-2,41(6,7)34(31-23-17-13-18-24-31)32-25-19-14-20-26-32)35(38)33(29-40-42(8,9)36(3,4)5)39-28-30-21-15-12-16-22-30/h11-26,33-35,38H,2,10,27-29H2,1,3-9H3/t33-,35-,37+/m0/s1. The predicted molar refractivity (Wildman–Crippen MR) is 184 cm³/mol. The molecule has 0 amide bonds. The van der Waals surface area contributed by atoms with E-state index in [1.54, 1.807) is 0 Å². The van der Waals surface area contributed by atoms with Gasteiger partial charge in [0.15, 0.2) is 8.32 Å². The van der Waals surface area contributed by atoms with Gasteiger partial charge >= 0.3 is 0 Å². The molecule has 0 aliphatic heterocycles. The second-order valence-corrected chi connectivity index (χ2v) is 23.6. The Bertz CT molecular complexity index is 1180. The van der Waals surface area contributed by atoms with E-state index in [9.17, 15) is 5.11 Å². The van der Waals surface area contributed by atoms with Crippen molar-refractivity contribution in [2.75, 3.05) is 6.61 Å². The summed E-state index contributed by atoms with van der Waals surface area (Å²) in [6, 6.07) is 31.8. The van der Waals surface area contributed by atoms with Gasteiger partial charge in [0.2, 0.25) is 0 Å². The monoisotopic (exact) mass is 602 g/mol. The molecule has 3 rings (SSSR count). The fourth-order valence-electron chi connectivity index (χ4n) is 6.18. The Labute approximate surface area is 258 Å². The summed E-state index contributed by atoms with van der Waals surface area (Å²) in [6.45, 7) is 23.6. The number of ether oxygens (including phenoxy) is 1. The third-order valence-corrected chi connectivity index (χ3v) is 19.6. The zero-order valence-electron chi connectivity index (χ0n) is 27.3. The minimum absolute atomic E-state index is 0.0562. The summed E-state index contributed by atoms with van der Waals surface area (Å²) in [5, 5.41) is 12.2. The molecule has 0 saturated carbocycles. The minimum Gasteiger partial charge on any atom is -0.414 e. The highest BCUT2D eigenvalue weighted by molar-refractivity contribution is 6.83. The van der Waals surface area contributed by atoms with Gasteiger partial charge in [0.05, 0.1) is 27.4 Å². The third-order valence-electron chi connectivity index (χ3n) is 9.82. The molecule has 0 fully saturated rings. The van der Waals surface area contributed by atoms with Gasteiger partial charge in [-0.15, -0.1) is 6.58 Å². The van der Waals surface area contributed by atoms with Gasteiger partial charge in [-0.1, -0.05) is 144 Å². The van der Waals surface area contributed by atoms with Gasteiger partial charge in [0.1, 0.15) is 6.10 Å². The van der Waals surface area contributed by atoms with E-state index >= 15 is 0 Å². The van der Waals surface area contributed by atoms with Crippen molar-refractivity contribution in [1.29, 1.82) is 0 Å². The van der Waals surface area contributed by atoms with Crippen LogP contribution in [-0.4, -0.2) is 40.3 Å². The molecule has 0 spiro atoms. The SMILES string of the molecule is C=C[C@@](CCC)([C@@H](O)[C@H](CO[Si](C)(C)C(C)(C)C)OCc1ccccc1)[Si](C)(C)C(c1ccccc1)c1ccccc1. The Balaban J connectivity index is 2.11. The Hall–Kier alpha value is -2.29. The predicted octanol–water partition coefficient (Wildman–Crippen LogP) is 9.76. The van der Waals surface area contributed by atoms with Crippen LogP contribution in [-0.2, 0) is 15.8 Å². The first-order chi connectivity index (χ1) is 19.8. The fraction of sp³-hybridized carbons (Fsp3) is 0.459. The molecule has 0 saturated heterocycles. The Morgan fingerprint density at radius 1 is 0.810 bits per heavy atom. The Morgan fingerprint density at radius 2 is 1.29 bits per heavy atom. The smallest absolute Gasteiger partial charge is 0.192 e. The van der Waals surface area contributed by atoms with E-state index in [-0.39, 0.29) is 10.6 Å². The largest absolute Gasteiger partial charge is 0.414 e. The van der Waals surface area contributed by atoms with Crippen molar-refractivity contribution >= 4 is 16.4 Å². The number of aliphatic hydroxyl groups excluding tert-OH is 1. The maximum Gasteiger partial charge on any atom is 0.192 e. The van der Waals surface area contributed by atoms with Crippen molar-refractivity contribution < 1.29 is 14.3 Å². The van der Waals surface area contributed by atoms with E-state index in [1.165, 1.54) is 11.1 Å². The van der Waals surface area contributed by atoms with Gasteiger partial charge in [-0.2, -0.15) is 0 Å². The van der Waals surface area contributed by atoms with Crippen molar-refractivity contribution in [3.63, 3.8) is 0 Å². The summed E-state index contributed by atoms with van der Waals surface area (Å²) in [7, 11) is -4.54. The van der Waals surface area contributed by atoms with Crippen LogP contribution in [0.15, 0.2) is 104 Å². The molecular weight excluding hydrogens is 549 g/mol. The minimum atomic E-state index is -2.45. The van der Waals surface area contributed by atoms with Crippen LogP contribution in [0.25, 0.3) is 0 Å². The molecule has 0 aliphatic carbocycles. The number of hydrogen-bond acceptors (Lipinski definition) is 3. The topological polar surface area (TPSA) is 38.7 Å². The summed E-state index contributed by atoms with van der Waals surface area (Å²) in [4.78, 5) is 0. The van der Waals surface area contributed by atoms with Crippen LogP contribution in [0.4, 0.5) is 0 Å². The Kier molecular flexibility index (Phi) is 11.8. The van der Waals surface area contributed by atoms with E-state index in [2.05, 4.69) is 139 Å². The molecule has 3 nitrogen and oxygen atoms in total. The third kappa shape index (κ3) is 7.61. The van der Waals surface area contributed by atoms with E-state index in [1.807, 2.05) is 18.2 Å². The fourth-order valence-corrected chi connectivity index (χ4v) is 12.2. The zero-order chi connectivity index (χ0) is 31.0. The van der Waals surface area contributed by atoms with Gasteiger partial charge in [0.25, 0.3) is 0 Å². The molecular formula is C37H54O3Si2. The lowest BCUT2D eigenvalue weighted by Gasteiger charge is -2.53. The number of rotatable bonds is 15. The van der Waals surface area contributed by atoms with Gasteiger partial charge < -0.3 is 14.3 Å². The summed E-state index contributed by atoms with van der Waals surface area (Å²) >= 11 is 0. The van der Waals surface area contributed by atoms with Crippen LogP contribution in [0.2, 0.25) is 36.3 Å². The van der Waals surface area contributed by atoms with Crippen molar-refractivity contribution in [2.24, 2.45) is 0 Å². The molecule has 0 bridgehead atoms. The van der Waals surface area contributed by atoms with Crippen LogP contribution >= 0.6 is 0 Å². The molecule has 3 atom stereocenters. The second kappa shape index (κ2) is 14.5. The lowest BCUT2D eigenvalue weighted by atomic mass is 9.91. The maximum absolute atomic E-state index is 12.7. The number of hydrogen-bond donors (Lipinski definition) is 1. The van der Waals surface area contributed by atoms with Gasteiger partial charge in [0, 0.05) is 10.6 Å². The molecule has 228 valence electrons. The first kappa shape index (κ1) is 34.2. The van der Waals surface area contributed by atoms with Gasteiger partial charge in [-0.3, -0.25) is 0 Å². The van der Waals surface area contributed by atoms with Gasteiger partial charge in [-0.05, 0) is 41.2 Å². The summed E-state index contributed by atoms with van der Waals surface area (Å²) in [6.07, 6.45) is 2.57. The molecule has 0 radical (unpaired) electrons. The van der Waals surface area contributed by atoms with Crippen LogP contribution in [0.1, 0.15) is 62.8 Å². The molecule has 3 aromatic rings. The Morgan fingerprint density at radius 3 is 1.71 bits per heavy atom.